The third kappa shape index (κ3) is 4.24. The van der Waals surface area contributed by atoms with E-state index in [9.17, 15) is 0 Å². The van der Waals surface area contributed by atoms with Crippen LogP contribution in [0.5, 0.6) is 0 Å². The highest BCUT2D eigenvalue weighted by Gasteiger charge is 1.95. The summed E-state index contributed by atoms with van der Waals surface area (Å²) in [6, 6.07) is 10.5. The molecule has 0 radical (unpaired) electrons. The van der Waals surface area contributed by atoms with E-state index in [1.165, 1.54) is 17.6 Å². The summed E-state index contributed by atoms with van der Waals surface area (Å²) in [5.41, 5.74) is 2.60. The summed E-state index contributed by atoms with van der Waals surface area (Å²) in [7, 11) is 0. The summed E-state index contributed by atoms with van der Waals surface area (Å²) in [6.45, 7) is 8.24. The normalized spacial score (nSPS) is 10.1. The Balaban J connectivity index is 2.27. The van der Waals surface area contributed by atoms with Crippen molar-refractivity contribution in [2.45, 2.75) is 19.8 Å². The summed E-state index contributed by atoms with van der Waals surface area (Å²) in [5.74, 6) is 0. The summed E-state index contributed by atoms with van der Waals surface area (Å²) < 4.78 is 0. The molecule has 14 heavy (non-hydrogen) atoms. The van der Waals surface area contributed by atoms with E-state index in [0.717, 1.165) is 19.5 Å². The molecule has 0 spiro atoms. The van der Waals surface area contributed by atoms with Crippen LogP contribution in [0.1, 0.15) is 18.9 Å². The minimum Gasteiger partial charge on any atom is -0.313 e. The average molecular weight is 189 g/mol. The standard InChI is InChI=1S/C13H19N/c1-3-9-14-11-12(2)10-13-7-5-4-6-8-13/h4-8,14H,2-3,9-11H2,1H3. The second-order valence-electron chi connectivity index (χ2n) is 3.59. The van der Waals surface area contributed by atoms with Crippen molar-refractivity contribution in [2.75, 3.05) is 13.1 Å². The molecule has 1 heteroatoms. The lowest BCUT2D eigenvalue weighted by Gasteiger charge is -2.06. The van der Waals surface area contributed by atoms with Gasteiger partial charge in [0.2, 0.25) is 0 Å². The smallest absolute Gasteiger partial charge is 0.0165 e. The van der Waals surface area contributed by atoms with Gasteiger partial charge in [-0.25, -0.2) is 0 Å². The van der Waals surface area contributed by atoms with Crippen LogP contribution in [-0.4, -0.2) is 13.1 Å². The second kappa shape index (κ2) is 6.39. The van der Waals surface area contributed by atoms with Crippen LogP contribution in [0.4, 0.5) is 0 Å². The number of rotatable bonds is 6. The van der Waals surface area contributed by atoms with E-state index in [2.05, 4.69) is 43.1 Å². The molecule has 1 aromatic carbocycles. The summed E-state index contributed by atoms with van der Waals surface area (Å²) in [5, 5.41) is 3.36. The van der Waals surface area contributed by atoms with Gasteiger partial charge in [0, 0.05) is 6.54 Å². The second-order valence-corrected chi connectivity index (χ2v) is 3.59. The molecular weight excluding hydrogens is 170 g/mol. The van der Waals surface area contributed by atoms with Crippen LogP contribution in [-0.2, 0) is 6.42 Å². The van der Waals surface area contributed by atoms with Crippen molar-refractivity contribution >= 4 is 0 Å². The molecule has 0 saturated heterocycles. The monoisotopic (exact) mass is 189 g/mol. The Labute approximate surface area is 86.8 Å². The quantitative estimate of drug-likeness (QED) is 0.536. The highest BCUT2D eigenvalue weighted by atomic mass is 14.8. The molecule has 0 heterocycles. The molecule has 1 aromatic rings. The average Bonchev–Trinajstić information content (AvgIpc) is 2.20. The Hall–Kier alpha value is -1.08. The van der Waals surface area contributed by atoms with Crippen LogP contribution in [0.25, 0.3) is 0 Å². The van der Waals surface area contributed by atoms with Gasteiger partial charge in [0.05, 0.1) is 0 Å². The molecule has 0 aliphatic carbocycles. The van der Waals surface area contributed by atoms with E-state index in [0.29, 0.717) is 0 Å². The molecular formula is C13H19N. The van der Waals surface area contributed by atoms with E-state index in [4.69, 9.17) is 0 Å². The van der Waals surface area contributed by atoms with E-state index < -0.39 is 0 Å². The van der Waals surface area contributed by atoms with Gasteiger partial charge in [-0.15, -0.1) is 0 Å². The predicted molar refractivity (Wildman–Crippen MR) is 62.4 cm³/mol. The topological polar surface area (TPSA) is 12.0 Å². The lowest BCUT2D eigenvalue weighted by atomic mass is 10.1. The van der Waals surface area contributed by atoms with Crippen LogP contribution in [0.3, 0.4) is 0 Å². The maximum absolute atomic E-state index is 4.06. The maximum Gasteiger partial charge on any atom is 0.0165 e. The molecule has 76 valence electrons. The van der Waals surface area contributed by atoms with Crippen molar-refractivity contribution < 1.29 is 0 Å². The van der Waals surface area contributed by atoms with Gasteiger partial charge in [0.25, 0.3) is 0 Å². The van der Waals surface area contributed by atoms with E-state index in [1.807, 2.05) is 6.07 Å². The minimum atomic E-state index is 0.933. The Morgan fingerprint density at radius 1 is 1.29 bits per heavy atom. The highest BCUT2D eigenvalue weighted by Crippen LogP contribution is 2.04. The van der Waals surface area contributed by atoms with Gasteiger partial charge in [-0.2, -0.15) is 0 Å². The van der Waals surface area contributed by atoms with Gasteiger partial charge in [0.1, 0.15) is 0 Å². The first-order valence-corrected chi connectivity index (χ1v) is 5.24. The zero-order valence-corrected chi connectivity index (χ0v) is 8.92. The minimum absolute atomic E-state index is 0.933. The molecule has 0 aliphatic heterocycles. The molecule has 0 atom stereocenters. The Kier molecular flexibility index (Phi) is 5.02. The zero-order valence-electron chi connectivity index (χ0n) is 8.92. The Morgan fingerprint density at radius 3 is 2.64 bits per heavy atom. The van der Waals surface area contributed by atoms with Crippen molar-refractivity contribution in [1.29, 1.82) is 0 Å². The van der Waals surface area contributed by atoms with Crippen LogP contribution in [0.2, 0.25) is 0 Å². The fourth-order valence-corrected chi connectivity index (χ4v) is 1.39. The molecule has 0 aromatic heterocycles. The Bertz CT molecular complexity index is 264. The number of nitrogens with one attached hydrogen (secondary N) is 1. The maximum atomic E-state index is 4.06. The molecule has 0 amide bonds. The van der Waals surface area contributed by atoms with Gasteiger partial charge in [0.15, 0.2) is 0 Å². The lowest BCUT2D eigenvalue weighted by Crippen LogP contribution is -2.18. The van der Waals surface area contributed by atoms with Gasteiger partial charge >= 0.3 is 0 Å². The molecule has 0 saturated carbocycles. The molecule has 0 bridgehead atoms. The van der Waals surface area contributed by atoms with Crippen LogP contribution < -0.4 is 5.32 Å². The molecule has 1 N–H and O–H groups in total. The molecule has 0 fully saturated rings. The fraction of sp³-hybridized carbons (Fsp3) is 0.385. The highest BCUT2D eigenvalue weighted by molar-refractivity contribution is 5.20. The first kappa shape index (κ1) is 11.0. The van der Waals surface area contributed by atoms with E-state index in [-0.39, 0.29) is 0 Å². The summed E-state index contributed by atoms with van der Waals surface area (Å²) >= 11 is 0. The first-order chi connectivity index (χ1) is 6.83. The van der Waals surface area contributed by atoms with Gasteiger partial charge in [-0.05, 0) is 24.9 Å². The molecule has 0 unspecified atom stereocenters. The van der Waals surface area contributed by atoms with Crippen LogP contribution in [0, 0.1) is 0 Å². The van der Waals surface area contributed by atoms with E-state index in [1.54, 1.807) is 0 Å². The first-order valence-electron chi connectivity index (χ1n) is 5.24. The molecule has 1 rings (SSSR count). The third-order valence-corrected chi connectivity index (χ3v) is 2.10. The molecule has 1 nitrogen and oxygen atoms in total. The van der Waals surface area contributed by atoms with Crippen molar-refractivity contribution in [1.82, 2.24) is 5.32 Å². The molecule has 0 aliphatic rings. The van der Waals surface area contributed by atoms with Gasteiger partial charge in [-0.1, -0.05) is 49.4 Å². The lowest BCUT2D eigenvalue weighted by molar-refractivity contribution is 0.707. The number of hydrogen-bond donors (Lipinski definition) is 1. The van der Waals surface area contributed by atoms with Crippen molar-refractivity contribution in [2.24, 2.45) is 0 Å². The number of benzene rings is 1. The SMILES string of the molecule is C=C(CNCCC)Cc1ccccc1. The van der Waals surface area contributed by atoms with Gasteiger partial charge < -0.3 is 5.32 Å². The summed E-state index contributed by atoms with van der Waals surface area (Å²) in [6.07, 6.45) is 2.16. The fourth-order valence-electron chi connectivity index (χ4n) is 1.39. The van der Waals surface area contributed by atoms with Crippen LogP contribution in [0.15, 0.2) is 42.5 Å². The largest absolute Gasteiger partial charge is 0.313 e. The third-order valence-electron chi connectivity index (χ3n) is 2.10. The van der Waals surface area contributed by atoms with Crippen LogP contribution >= 0.6 is 0 Å². The van der Waals surface area contributed by atoms with Crippen molar-refractivity contribution in [3.63, 3.8) is 0 Å². The predicted octanol–water partition coefficient (Wildman–Crippen LogP) is 2.78. The van der Waals surface area contributed by atoms with Crippen molar-refractivity contribution in [3.8, 4) is 0 Å². The Morgan fingerprint density at radius 2 is 2.00 bits per heavy atom. The van der Waals surface area contributed by atoms with E-state index >= 15 is 0 Å². The van der Waals surface area contributed by atoms with Gasteiger partial charge in [-0.3, -0.25) is 0 Å². The summed E-state index contributed by atoms with van der Waals surface area (Å²) in [4.78, 5) is 0. The van der Waals surface area contributed by atoms with Crippen molar-refractivity contribution in [3.05, 3.63) is 48.0 Å². The number of hydrogen-bond acceptors (Lipinski definition) is 1. The zero-order chi connectivity index (χ0) is 10.2.